The molecular weight excluding hydrogens is 260 g/mol. The minimum Gasteiger partial charge on any atom is -0.489 e. The summed E-state index contributed by atoms with van der Waals surface area (Å²) in [6.07, 6.45) is 6.67. The van der Waals surface area contributed by atoms with E-state index in [1.807, 2.05) is 18.3 Å². The summed E-state index contributed by atoms with van der Waals surface area (Å²) in [6.45, 7) is 2.90. The standard InChI is InChI=1S/C13H16N4OS/c14-13-16-7-12(19-13)9-17-6-3-11(8-17)18-10-1-4-15-5-2-10/h1-2,4-5,7,11H,3,6,8-9H2,(H2,14,16). The van der Waals surface area contributed by atoms with Crippen molar-refractivity contribution in [2.24, 2.45) is 0 Å². The van der Waals surface area contributed by atoms with Crippen LogP contribution >= 0.6 is 11.3 Å². The Balaban J connectivity index is 1.53. The first-order valence-electron chi connectivity index (χ1n) is 6.29. The second-order valence-corrected chi connectivity index (χ2v) is 5.76. The van der Waals surface area contributed by atoms with Crippen molar-refractivity contribution in [3.8, 4) is 5.75 Å². The van der Waals surface area contributed by atoms with Crippen LogP contribution in [0.1, 0.15) is 11.3 Å². The molecule has 0 aliphatic carbocycles. The molecule has 3 rings (SSSR count). The van der Waals surface area contributed by atoms with Gasteiger partial charge < -0.3 is 10.5 Å². The van der Waals surface area contributed by atoms with Gasteiger partial charge in [0.15, 0.2) is 5.13 Å². The fraction of sp³-hybridized carbons (Fsp3) is 0.385. The van der Waals surface area contributed by atoms with Crippen molar-refractivity contribution >= 4 is 16.5 Å². The molecule has 2 aromatic rings. The average Bonchev–Trinajstić information content (AvgIpc) is 3.01. The zero-order valence-electron chi connectivity index (χ0n) is 10.5. The molecule has 1 aliphatic rings. The molecule has 0 radical (unpaired) electrons. The van der Waals surface area contributed by atoms with Crippen LogP contribution in [0.3, 0.4) is 0 Å². The van der Waals surface area contributed by atoms with Gasteiger partial charge in [-0.3, -0.25) is 9.88 Å². The number of thiazole rings is 1. The van der Waals surface area contributed by atoms with E-state index in [9.17, 15) is 0 Å². The quantitative estimate of drug-likeness (QED) is 0.922. The summed E-state index contributed by atoms with van der Waals surface area (Å²) >= 11 is 1.56. The van der Waals surface area contributed by atoms with Gasteiger partial charge in [-0.2, -0.15) is 0 Å². The number of pyridine rings is 1. The fourth-order valence-electron chi connectivity index (χ4n) is 2.26. The van der Waals surface area contributed by atoms with Gasteiger partial charge in [0.05, 0.1) is 0 Å². The lowest BCUT2D eigenvalue weighted by Gasteiger charge is -2.15. The van der Waals surface area contributed by atoms with Gasteiger partial charge >= 0.3 is 0 Å². The second-order valence-electron chi connectivity index (χ2n) is 4.61. The molecule has 2 aromatic heterocycles. The molecular formula is C13H16N4OS. The Morgan fingerprint density at radius 1 is 1.42 bits per heavy atom. The number of hydrogen-bond acceptors (Lipinski definition) is 6. The second kappa shape index (κ2) is 5.54. The first-order valence-corrected chi connectivity index (χ1v) is 7.10. The Morgan fingerprint density at radius 3 is 3.00 bits per heavy atom. The monoisotopic (exact) mass is 276 g/mol. The lowest BCUT2D eigenvalue weighted by Crippen LogP contribution is -2.24. The normalized spacial score (nSPS) is 19.7. The van der Waals surface area contributed by atoms with E-state index in [-0.39, 0.29) is 6.10 Å². The highest BCUT2D eigenvalue weighted by Crippen LogP contribution is 2.22. The molecule has 100 valence electrons. The third kappa shape index (κ3) is 3.21. The van der Waals surface area contributed by atoms with Crippen molar-refractivity contribution in [3.05, 3.63) is 35.6 Å². The van der Waals surface area contributed by atoms with Gasteiger partial charge in [-0.1, -0.05) is 0 Å². The summed E-state index contributed by atoms with van der Waals surface area (Å²) in [6, 6.07) is 3.79. The number of anilines is 1. The van der Waals surface area contributed by atoms with Gasteiger partial charge in [0.2, 0.25) is 0 Å². The number of likely N-dealkylation sites (tertiary alicyclic amines) is 1. The Bertz CT molecular complexity index is 530. The van der Waals surface area contributed by atoms with Crippen molar-refractivity contribution in [1.29, 1.82) is 0 Å². The van der Waals surface area contributed by atoms with Crippen LogP contribution in [-0.2, 0) is 6.54 Å². The third-order valence-electron chi connectivity index (χ3n) is 3.13. The molecule has 3 heterocycles. The number of ether oxygens (including phenoxy) is 1. The first-order chi connectivity index (χ1) is 9.29. The van der Waals surface area contributed by atoms with Crippen LogP contribution in [0.5, 0.6) is 5.75 Å². The lowest BCUT2D eigenvalue weighted by atomic mass is 10.3. The Labute approximate surface area is 116 Å². The van der Waals surface area contributed by atoms with E-state index >= 15 is 0 Å². The predicted molar refractivity (Wildman–Crippen MR) is 75.1 cm³/mol. The van der Waals surface area contributed by atoms with Crippen molar-refractivity contribution in [2.45, 2.75) is 19.1 Å². The summed E-state index contributed by atoms with van der Waals surface area (Å²) < 4.78 is 5.93. The van der Waals surface area contributed by atoms with E-state index in [0.29, 0.717) is 5.13 Å². The number of hydrogen-bond donors (Lipinski definition) is 1. The molecule has 0 spiro atoms. The highest BCUT2D eigenvalue weighted by atomic mass is 32.1. The highest BCUT2D eigenvalue weighted by Gasteiger charge is 2.24. The van der Waals surface area contributed by atoms with Crippen LogP contribution in [0.4, 0.5) is 5.13 Å². The Kier molecular flexibility index (Phi) is 3.61. The molecule has 0 saturated carbocycles. The molecule has 5 nitrogen and oxygen atoms in total. The molecule has 19 heavy (non-hydrogen) atoms. The van der Waals surface area contributed by atoms with Gasteiger partial charge in [-0.05, 0) is 18.6 Å². The van der Waals surface area contributed by atoms with Gasteiger partial charge in [-0.15, -0.1) is 11.3 Å². The topological polar surface area (TPSA) is 64.3 Å². The lowest BCUT2D eigenvalue weighted by molar-refractivity contribution is 0.198. The van der Waals surface area contributed by atoms with Crippen molar-refractivity contribution < 1.29 is 4.74 Å². The van der Waals surface area contributed by atoms with E-state index in [4.69, 9.17) is 10.5 Å². The molecule has 1 fully saturated rings. The maximum absolute atomic E-state index is 5.93. The summed E-state index contributed by atoms with van der Waals surface area (Å²) in [5.74, 6) is 0.892. The molecule has 0 amide bonds. The van der Waals surface area contributed by atoms with E-state index < -0.39 is 0 Å². The number of nitrogens with zero attached hydrogens (tertiary/aromatic N) is 3. The van der Waals surface area contributed by atoms with E-state index in [0.717, 1.165) is 31.8 Å². The van der Waals surface area contributed by atoms with Crippen molar-refractivity contribution in [2.75, 3.05) is 18.8 Å². The first kappa shape index (κ1) is 12.4. The van der Waals surface area contributed by atoms with Crippen LogP contribution in [0.25, 0.3) is 0 Å². The zero-order chi connectivity index (χ0) is 13.1. The Morgan fingerprint density at radius 2 is 2.26 bits per heavy atom. The maximum Gasteiger partial charge on any atom is 0.180 e. The largest absolute Gasteiger partial charge is 0.489 e. The Hall–Kier alpha value is -1.66. The summed E-state index contributed by atoms with van der Waals surface area (Å²) in [7, 11) is 0. The van der Waals surface area contributed by atoms with Crippen LogP contribution in [0, 0.1) is 0 Å². The summed E-state index contributed by atoms with van der Waals surface area (Å²) in [5.41, 5.74) is 5.64. The molecule has 1 unspecified atom stereocenters. The number of nitrogens with two attached hydrogens (primary N) is 1. The zero-order valence-corrected chi connectivity index (χ0v) is 11.3. The molecule has 2 N–H and O–H groups in total. The van der Waals surface area contributed by atoms with Crippen LogP contribution in [0.15, 0.2) is 30.7 Å². The minimum absolute atomic E-state index is 0.257. The molecule has 0 bridgehead atoms. The van der Waals surface area contributed by atoms with Crippen LogP contribution in [0.2, 0.25) is 0 Å². The van der Waals surface area contributed by atoms with Crippen molar-refractivity contribution in [1.82, 2.24) is 14.9 Å². The van der Waals surface area contributed by atoms with E-state index in [1.54, 1.807) is 23.7 Å². The molecule has 6 heteroatoms. The van der Waals surface area contributed by atoms with Crippen LogP contribution in [-0.4, -0.2) is 34.1 Å². The predicted octanol–water partition coefficient (Wildman–Crippen LogP) is 1.77. The van der Waals surface area contributed by atoms with Gasteiger partial charge in [0.25, 0.3) is 0 Å². The molecule has 1 saturated heterocycles. The molecule has 1 aliphatic heterocycles. The summed E-state index contributed by atoms with van der Waals surface area (Å²) in [5, 5.41) is 0.638. The summed E-state index contributed by atoms with van der Waals surface area (Å²) in [4.78, 5) is 11.6. The third-order valence-corrected chi connectivity index (χ3v) is 3.94. The average molecular weight is 276 g/mol. The fourth-order valence-corrected chi connectivity index (χ4v) is 2.99. The van der Waals surface area contributed by atoms with Crippen LogP contribution < -0.4 is 10.5 Å². The van der Waals surface area contributed by atoms with Gasteiger partial charge in [0, 0.05) is 43.1 Å². The van der Waals surface area contributed by atoms with Crippen molar-refractivity contribution in [3.63, 3.8) is 0 Å². The molecule has 1 atom stereocenters. The van der Waals surface area contributed by atoms with E-state index in [2.05, 4.69) is 14.9 Å². The van der Waals surface area contributed by atoms with Gasteiger partial charge in [0.1, 0.15) is 11.9 Å². The number of nitrogen functional groups attached to an aromatic ring is 1. The smallest absolute Gasteiger partial charge is 0.180 e. The number of aromatic nitrogens is 2. The minimum atomic E-state index is 0.257. The SMILES string of the molecule is Nc1ncc(CN2CCC(Oc3ccncc3)C2)s1. The van der Waals surface area contributed by atoms with E-state index in [1.165, 1.54) is 4.88 Å². The number of rotatable bonds is 4. The maximum atomic E-state index is 5.93. The molecule has 0 aromatic carbocycles. The van der Waals surface area contributed by atoms with Gasteiger partial charge in [-0.25, -0.2) is 4.98 Å². The highest BCUT2D eigenvalue weighted by molar-refractivity contribution is 7.15.